The van der Waals surface area contributed by atoms with Crippen LogP contribution < -0.4 is 10.9 Å². The van der Waals surface area contributed by atoms with Crippen LogP contribution in [0.2, 0.25) is 0 Å². The number of nitrogens with one attached hydrogen (secondary N) is 2. The number of hydrogen-bond donors (Lipinski definition) is 2. The Bertz CT molecular complexity index is 1590. The van der Waals surface area contributed by atoms with Gasteiger partial charge in [0, 0.05) is 5.75 Å². The summed E-state index contributed by atoms with van der Waals surface area (Å²) in [6.45, 7) is 1.81. The number of rotatable bonds is 7. The number of aromatic nitrogens is 2. The van der Waals surface area contributed by atoms with Crippen LogP contribution in [-0.4, -0.2) is 22.5 Å². The van der Waals surface area contributed by atoms with Gasteiger partial charge in [-0.1, -0.05) is 72.4 Å². The van der Waals surface area contributed by atoms with Crippen molar-refractivity contribution in [3.63, 3.8) is 0 Å². The van der Waals surface area contributed by atoms with Crippen molar-refractivity contribution in [1.82, 2.24) is 9.97 Å². The Kier molecular flexibility index (Phi) is 7.37. The molecule has 1 aromatic heterocycles. The summed E-state index contributed by atoms with van der Waals surface area (Å²) in [7, 11) is 0. The quantitative estimate of drug-likeness (QED) is 0.176. The summed E-state index contributed by atoms with van der Waals surface area (Å²) < 4.78 is 33.9. The van der Waals surface area contributed by atoms with Crippen LogP contribution >= 0.6 is 11.8 Å². The van der Waals surface area contributed by atoms with Gasteiger partial charge in [0.25, 0.3) is 5.56 Å². The van der Waals surface area contributed by atoms with Gasteiger partial charge in [-0.3, -0.25) is 4.79 Å². The molecule has 1 aliphatic rings. The van der Waals surface area contributed by atoms with Gasteiger partial charge >= 0.3 is 5.97 Å². The highest BCUT2D eigenvalue weighted by molar-refractivity contribution is 7.98. The molecule has 0 fully saturated rings. The molecule has 0 radical (unpaired) electrons. The van der Waals surface area contributed by atoms with E-state index in [0.29, 0.717) is 22.4 Å². The largest absolute Gasteiger partial charge is 0.463 e. The zero-order valence-electron chi connectivity index (χ0n) is 20.3. The number of H-pyrrole nitrogens is 1. The Morgan fingerprint density at radius 3 is 2.53 bits per heavy atom. The minimum atomic E-state index is -0.946. The summed E-state index contributed by atoms with van der Waals surface area (Å²) >= 11 is 1.17. The molecule has 3 aromatic carbocycles. The first kappa shape index (κ1) is 25.4. The molecule has 1 unspecified atom stereocenters. The van der Waals surface area contributed by atoms with Crippen molar-refractivity contribution in [2.75, 3.05) is 11.9 Å². The Morgan fingerprint density at radius 2 is 1.79 bits per heavy atom. The van der Waals surface area contributed by atoms with E-state index in [1.165, 1.54) is 36.0 Å². The van der Waals surface area contributed by atoms with Crippen molar-refractivity contribution in [1.29, 1.82) is 0 Å². The fourth-order valence-corrected chi connectivity index (χ4v) is 5.26. The van der Waals surface area contributed by atoms with Crippen LogP contribution in [0.5, 0.6) is 0 Å². The minimum Gasteiger partial charge on any atom is -0.463 e. The molecule has 0 bridgehead atoms. The van der Waals surface area contributed by atoms with Gasteiger partial charge in [0.05, 0.1) is 29.4 Å². The van der Waals surface area contributed by atoms with Gasteiger partial charge in [-0.05, 0) is 41.8 Å². The number of aromatic amines is 1. The van der Waals surface area contributed by atoms with Crippen LogP contribution in [0.25, 0.3) is 5.70 Å². The molecule has 0 saturated heterocycles. The second-order valence-corrected chi connectivity index (χ2v) is 9.47. The molecule has 5 rings (SSSR count). The molecule has 6 nitrogen and oxygen atoms in total. The number of esters is 1. The van der Waals surface area contributed by atoms with Gasteiger partial charge in [0.15, 0.2) is 5.16 Å². The third-order valence-corrected chi connectivity index (χ3v) is 7.01. The smallest absolute Gasteiger partial charge is 0.337 e. The molecule has 0 aliphatic carbocycles. The van der Waals surface area contributed by atoms with Crippen molar-refractivity contribution in [2.24, 2.45) is 0 Å². The van der Waals surface area contributed by atoms with E-state index in [0.717, 1.165) is 0 Å². The number of nitrogens with zero attached hydrogens (tertiary/aromatic N) is 1. The zero-order chi connectivity index (χ0) is 26.6. The average Bonchev–Trinajstić information content (AvgIpc) is 2.92. The van der Waals surface area contributed by atoms with Crippen LogP contribution in [0, 0.1) is 11.6 Å². The SMILES string of the molecule is CCOC(=O)C1=C(c2ccccc2)Nc2nc(SCc3ccccc3F)[nH]c(=O)c2C1c1cccc(F)c1. The van der Waals surface area contributed by atoms with E-state index in [1.807, 2.05) is 30.3 Å². The first-order valence-electron chi connectivity index (χ1n) is 12.0. The number of benzene rings is 3. The summed E-state index contributed by atoms with van der Waals surface area (Å²) in [6, 6.07) is 21.3. The molecule has 0 amide bonds. The Hall–Kier alpha value is -4.24. The Labute approximate surface area is 221 Å². The van der Waals surface area contributed by atoms with Gasteiger partial charge in [0.2, 0.25) is 0 Å². The van der Waals surface area contributed by atoms with Crippen molar-refractivity contribution in [3.8, 4) is 0 Å². The maximum absolute atomic E-state index is 14.4. The highest BCUT2D eigenvalue weighted by Crippen LogP contribution is 2.43. The summed E-state index contributed by atoms with van der Waals surface area (Å²) in [5.41, 5.74) is 1.80. The first-order valence-corrected chi connectivity index (χ1v) is 12.9. The summed E-state index contributed by atoms with van der Waals surface area (Å²) in [5.74, 6) is -1.95. The number of ether oxygens (including phenoxy) is 1. The lowest BCUT2D eigenvalue weighted by molar-refractivity contribution is -0.138. The summed E-state index contributed by atoms with van der Waals surface area (Å²) in [5, 5.41) is 3.45. The van der Waals surface area contributed by atoms with Crippen LogP contribution in [0.3, 0.4) is 0 Å². The highest BCUT2D eigenvalue weighted by Gasteiger charge is 2.38. The van der Waals surface area contributed by atoms with E-state index in [4.69, 9.17) is 4.74 Å². The lowest BCUT2D eigenvalue weighted by Crippen LogP contribution is -2.31. The summed E-state index contributed by atoms with van der Waals surface area (Å²) in [4.78, 5) is 34.2. The topological polar surface area (TPSA) is 84.1 Å². The maximum Gasteiger partial charge on any atom is 0.337 e. The van der Waals surface area contributed by atoms with E-state index in [2.05, 4.69) is 15.3 Å². The molecular formula is C29H23F2N3O3S. The number of carbonyl (C=O) groups is 1. The van der Waals surface area contributed by atoms with E-state index < -0.39 is 23.3 Å². The normalized spacial score (nSPS) is 14.6. The number of thioether (sulfide) groups is 1. The zero-order valence-corrected chi connectivity index (χ0v) is 21.1. The standard InChI is InChI=1S/C29H23F2N3O3S/c1-2-37-28(36)23-22(18-12-8-13-20(30)15-18)24-26(32-25(23)17-9-4-3-5-10-17)33-29(34-27(24)35)38-16-19-11-6-7-14-21(19)31/h3-15,22H,2,16H2,1H3,(H2,32,33,34,35). The first-order chi connectivity index (χ1) is 18.5. The van der Waals surface area contributed by atoms with E-state index in [9.17, 15) is 18.4 Å². The van der Waals surface area contributed by atoms with Crippen LogP contribution in [0.1, 0.15) is 35.1 Å². The molecule has 0 saturated carbocycles. The molecule has 0 spiro atoms. The Balaban J connectivity index is 1.67. The third kappa shape index (κ3) is 5.10. The van der Waals surface area contributed by atoms with Gasteiger partial charge < -0.3 is 15.0 Å². The van der Waals surface area contributed by atoms with Crippen molar-refractivity contribution < 1.29 is 18.3 Å². The second kappa shape index (κ2) is 11.0. The lowest BCUT2D eigenvalue weighted by atomic mass is 9.81. The molecule has 4 aromatic rings. The highest BCUT2D eigenvalue weighted by atomic mass is 32.2. The maximum atomic E-state index is 14.4. The van der Waals surface area contributed by atoms with Gasteiger partial charge in [-0.15, -0.1) is 0 Å². The predicted octanol–water partition coefficient (Wildman–Crippen LogP) is 5.87. The molecule has 192 valence electrons. The van der Waals surface area contributed by atoms with E-state index in [-0.39, 0.29) is 40.3 Å². The lowest BCUT2D eigenvalue weighted by Gasteiger charge is -2.30. The van der Waals surface area contributed by atoms with Gasteiger partial charge in [-0.2, -0.15) is 0 Å². The number of halogens is 2. The van der Waals surface area contributed by atoms with E-state index >= 15 is 0 Å². The fourth-order valence-electron chi connectivity index (χ4n) is 4.41. The molecule has 1 atom stereocenters. The second-order valence-electron chi connectivity index (χ2n) is 8.50. The molecular weight excluding hydrogens is 508 g/mol. The molecule has 2 heterocycles. The van der Waals surface area contributed by atoms with Crippen molar-refractivity contribution >= 4 is 29.2 Å². The molecule has 1 aliphatic heterocycles. The molecule has 2 N–H and O–H groups in total. The summed E-state index contributed by atoms with van der Waals surface area (Å²) in [6.07, 6.45) is 0. The van der Waals surface area contributed by atoms with Crippen LogP contribution in [0.15, 0.2) is 94.4 Å². The van der Waals surface area contributed by atoms with Crippen molar-refractivity contribution in [2.45, 2.75) is 23.8 Å². The molecule has 38 heavy (non-hydrogen) atoms. The molecule has 9 heteroatoms. The fraction of sp³-hybridized carbons (Fsp3) is 0.138. The third-order valence-electron chi connectivity index (χ3n) is 6.09. The number of hydrogen-bond acceptors (Lipinski definition) is 6. The number of fused-ring (bicyclic) bond motifs is 1. The van der Waals surface area contributed by atoms with Crippen LogP contribution in [-0.2, 0) is 15.3 Å². The monoisotopic (exact) mass is 531 g/mol. The van der Waals surface area contributed by atoms with Crippen LogP contribution in [0.4, 0.5) is 14.6 Å². The predicted molar refractivity (Wildman–Crippen MR) is 143 cm³/mol. The van der Waals surface area contributed by atoms with Gasteiger partial charge in [0.1, 0.15) is 17.5 Å². The number of carbonyl (C=O) groups excluding carboxylic acids is 1. The van der Waals surface area contributed by atoms with Gasteiger partial charge in [-0.25, -0.2) is 18.6 Å². The average molecular weight is 532 g/mol. The number of anilines is 1. The Morgan fingerprint density at radius 1 is 1.03 bits per heavy atom. The van der Waals surface area contributed by atoms with E-state index in [1.54, 1.807) is 31.2 Å². The minimum absolute atomic E-state index is 0.118. The van der Waals surface area contributed by atoms with Crippen molar-refractivity contribution in [3.05, 3.63) is 129 Å².